The Bertz CT molecular complexity index is 1420. The maximum absolute atomic E-state index is 14.1. The number of rotatable bonds is 12. The molecule has 0 aliphatic heterocycles. The highest BCUT2D eigenvalue weighted by atomic mass is 35.5. The minimum atomic E-state index is -3.97. The van der Waals surface area contributed by atoms with E-state index in [4.69, 9.17) is 34.8 Å². The second-order valence-corrected chi connectivity index (χ2v) is 12.6. The quantitative estimate of drug-likeness (QED) is 0.269. The van der Waals surface area contributed by atoms with Gasteiger partial charge < -0.3 is 10.2 Å². The van der Waals surface area contributed by atoms with E-state index in [0.29, 0.717) is 11.4 Å². The third kappa shape index (κ3) is 8.61. The van der Waals surface area contributed by atoms with Crippen molar-refractivity contribution in [2.45, 2.75) is 45.3 Å². The van der Waals surface area contributed by atoms with Crippen LogP contribution in [0.25, 0.3) is 0 Å². The molecule has 1 N–H and O–H groups in total. The standard InChI is InChI=1S/C29H32Cl3N3O4S/c1-4-20(2)33-29(37)26(17-21-9-6-5-7-10-21)34(18-22-13-15-23(30)16-14-22)27(36)19-35(40(3,38)39)25-12-8-11-24(31)28(25)32/h5-16,20,26H,4,17-19H2,1-3H3,(H,33,37)/t20-,26+/m1/s1. The summed E-state index contributed by atoms with van der Waals surface area (Å²) in [7, 11) is -3.97. The van der Waals surface area contributed by atoms with Crippen LogP contribution in [0, 0.1) is 0 Å². The second-order valence-electron chi connectivity index (χ2n) is 9.51. The number of carbonyl (C=O) groups is 2. The molecule has 7 nitrogen and oxygen atoms in total. The largest absolute Gasteiger partial charge is 0.352 e. The minimum absolute atomic E-state index is 0.00184. The van der Waals surface area contributed by atoms with Crippen molar-refractivity contribution in [3.05, 3.63) is 99.0 Å². The molecule has 11 heteroatoms. The average Bonchev–Trinajstić information content (AvgIpc) is 2.91. The van der Waals surface area contributed by atoms with Crippen LogP contribution in [0.2, 0.25) is 15.1 Å². The first-order valence-corrected chi connectivity index (χ1v) is 15.7. The lowest BCUT2D eigenvalue weighted by atomic mass is 10.0. The van der Waals surface area contributed by atoms with Crippen molar-refractivity contribution in [1.82, 2.24) is 10.2 Å². The molecular formula is C29H32Cl3N3O4S. The molecule has 214 valence electrons. The Hall–Kier alpha value is -2.78. The monoisotopic (exact) mass is 623 g/mol. The fraction of sp³-hybridized carbons (Fsp3) is 0.310. The highest BCUT2D eigenvalue weighted by Gasteiger charge is 2.34. The second kappa shape index (κ2) is 14.2. The summed E-state index contributed by atoms with van der Waals surface area (Å²) < 4.78 is 26.7. The smallest absolute Gasteiger partial charge is 0.244 e. The van der Waals surface area contributed by atoms with Gasteiger partial charge >= 0.3 is 0 Å². The molecule has 2 atom stereocenters. The van der Waals surface area contributed by atoms with Gasteiger partial charge in [-0.05, 0) is 48.7 Å². The predicted octanol–water partition coefficient (Wildman–Crippen LogP) is 5.97. The molecule has 0 fully saturated rings. The van der Waals surface area contributed by atoms with Crippen molar-refractivity contribution in [2.75, 3.05) is 17.1 Å². The van der Waals surface area contributed by atoms with Crippen LogP contribution in [0.3, 0.4) is 0 Å². The van der Waals surface area contributed by atoms with E-state index in [1.165, 1.54) is 17.0 Å². The molecule has 0 spiro atoms. The third-order valence-corrected chi connectivity index (χ3v) is 8.60. The molecule has 0 aliphatic rings. The number of amides is 2. The summed E-state index contributed by atoms with van der Waals surface area (Å²) in [6.07, 6.45) is 1.90. The Kier molecular flexibility index (Phi) is 11.3. The number of nitrogens with one attached hydrogen (secondary N) is 1. The van der Waals surface area contributed by atoms with Crippen LogP contribution in [0.4, 0.5) is 5.69 Å². The molecule has 0 heterocycles. The predicted molar refractivity (Wildman–Crippen MR) is 162 cm³/mol. The fourth-order valence-corrected chi connectivity index (χ4v) is 5.49. The van der Waals surface area contributed by atoms with E-state index in [0.717, 1.165) is 21.7 Å². The van der Waals surface area contributed by atoms with E-state index in [-0.39, 0.29) is 40.6 Å². The molecule has 0 aromatic heterocycles. The summed E-state index contributed by atoms with van der Waals surface area (Å²) in [5.41, 5.74) is 1.64. The van der Waals surface area contributed by atoms with Gasteiger partial charge in [-0.15, -0.1) is 0 Å². The zero-order valence-corrected chi connectivity index (χ0v) is 25.6. The molecule has 0 aliphatic carbocycles. The number of carbonyl (C=O) groups excluding carboxylic acids is 2. The van der Waals surface area contributed by atoms with Crippen LogP contribution in [-0.2, 0) is 32.6 Å². The Balaban J connectivity index is 2.08. The number of anilines is 1. The van der Waals surface area contributed by atoms with Crippen LogP contribution in [0.5, 0.6) is 0 Å². The Morgan fingerprint density at radius 1 is 0.900 bits per heavy atom. The van der Waals surface area contributed by atoms with Crippen LogP contribution < -0.4 is 9.62 Å². The van der Waals surface area contributed by atoms with Crippen LogP contribution in [0.15, 0.2) is 72.8 Å². The van der Waals surface area contributed by atoms with Crippen molar-refractivity contribution in [2.24, 2.45) is 0 Å². The first kappa shape index (κ1) is 31.7. The first-order chi connectivity index (χ1) is 18.9. The van der Waals surface area contributed by atoms with E-state index < -0.39 is 28.5 Å². The molecule has 0 unspecified atom stereocenters. The van der Waals surface area contributed by atoms with Crippen molar-refractivity contribution in [1.29, 1.82) is 0 Å². The van der Waals surface area contributed by atoms with Gasteiger partial charge in [0.25, 0.3) is 0 Å². The molecule has 0 radical (unpaired) electrons. The summed E-state index contributed by atoms with van der Waals surface area (Å²) in [6.45, 7) is 3.29. The zero-order valence-electron chi connectivity index (χ0n) is 22.5. The molecular weight excluding hydrogens is 593 g/mol. The molecule has 3 aromatic rings. The third-order valence-electron chi connectivity index (χ3n) is 6.42. The maximum Gasteiger partial charge on any atom is 0.244 e. The van der Waals surface area contributed by atoms with Crippen LogP contribution >= 0.6 is 34.8 Å². The summed E-state index contributed by atoms with van der Waals surface area (Å²) in [5, 5.41) is 3.66. The lowest BCUT2D eigenvalue weighted by Crippen LogP contribution is -2.54. The van der Waals surface area contributed by atoms with Gasteiger partial charge in [-0.3, -0.25) is 13.9 Å². The lowest BCUT2D eigenvalue weighted by Gasteiger charge is -2.34. The molecule has 40 heavy (non-hydrogen) atoms. The number of nitrogens with zero attached hydrogens (tertiary/aromatic N) is 2. The van der Waals surface area contributed by atoms with Gasteiger partial charge in [0, 0.05) is 24.0 Å². The number of sulfonamides is 1. The van der Waals surface area contributed by atoms with Crippen LogP contribution in [0.1, 0.15) is 31.4 Å². The van der Waals surface area contributed by atoms with Crippen molar-refractivity contribution < 1.29 is 18.0 Å². The van der Waals surface area contributed by atoms with Gasteiger partial charge in [0.15, 0.2) is 0 Å². The summed E-state index contributed by atoms with van der Waals surface area (Å²) in [6, 6.07) is 19.7. The van der Waals surface area contributed by atoms with Gasteiger partial charge in [0.2, 0.25) is 21.8 Å². The van der Waals surface area contributed by atoms with Gasteiger partial charge in [0.05, 0.1) is 22.0 Å². The van der Waals surface area contributed by atoms with E-state index >= 15 is 0 Å². The first-order valence-electron chi connectivity index (χ1n) is 12.7. The summed E-state index contributed by atoms with van der Waals surface area (Å²) in [5.74, 6) is -0.927. The molecule has 0 saturated heterocycles. The Labute approximate surface area is 251 Å². The molecule has 3 rings (SSSR count). The van der Waals surface area contributed by atoms with E-state index in [2.05, 4.69) is 5.32 Å². The SMILES string of the molecule is CC[C@@H](C)NC(=O)[C@H](Cc1ccccc1)N(Cc1ccc(Cl)cc1)C(=O)CN(c1cccc(Cl)c1Cl)S(C)(=O)=O. The number of hydrogen-bond donors (Lipinski definition) is 1. The molecule has 0 saturated carbocycles. The maximum atomic E-state index is 14.1. The zero-order chi connectivity index (χ0) is 29.4. The summed E-state index contributed by atoms with van der Waals surface area (Å²) >= 11 is 18.6. The van der Waals surface area contributed by atoms with Gasteiger partial charge in [0.1, 0.15) is 12.6 Å². The molecule has 0 bridgehead atoms. The number of benzene rings is 3. The van der Waals surface area contributed by atoms with Crippen LogP contribution in [-0.4, -0.2) is 50.0 Å². The Morgan fingerprint density at radius 2 is 1.55 bits per heavy atom. The topological polar surface area (TPSA) is 86.8 Å². The van der Waals surface area contributed by atoms with Crippen molar-refractivity contribution in [3.63, 3.8) is 0 Å². The van der Waals surface area contributed by atoms with E-state index in [9.17, 15) is 18.0 Å². The number of hydrogen-bond acceptors (Lipinski definition) is 4. The minimum Gasteiger partial charge on any atom is -0.352 e. The van der Waals surface area contributed by atoms with Crippen molar-refractivity contribution >= 4 is 62.3 Å². The molecule has 3 aromatic carbocycles. The summed E-state index contributed by atoms with van der Waals surface area (Å²) in [4.78, 5) is 29.1. The van der Waals surface area contributed by atoms with Crippen molar-refractivity contribution in [3.8, 4) is 0 Å². The number of halogens is 3. The highest BCUT2D eigenvalue weighted by Crippen LogP contribution is 2.34. The normalized spacial score (nSPS) is 12.8. The van der Waals surface area contributed by atoms with E-state index in [1.807, 2.05) is 44.2 Å². The average molecular weight is 625 g/mol. The van der Waals surface area contributed by atoms with Gasteiger partial charge in [-0.1, -0.05) is 90.3 Å². The highest BCUT2D eigenvalue weighted by molar-refractivity contribution is 7.92. The molecule has 2 amide bonds. The Morgan fingerprint density at radius 3 is 2.15 bits per heavy atom. The lowest BCUT2D eigenvalue weighted by molar-refractivity contribution is -0.140. The fourth-order valence-electron chi connectivity index (χ4n) is 4.06. The van der Waals surface area contributed by atoms with Gasteiger partial charge in [-0.25, -0.2) is 8.42 Å². The van der Waals surface area contributed by atoms with E-state index in [1.54, 1.807) is 30.3 Å². The van der Waals surface area contributed by atoms with Gasteiger partial charge in [-0.2, -0.15) is 0 Å².